The highest BCUT2D eigenvalue weighted by atomic mass is 32.1. The summed E-state index contributed by atoms with van der Waals surface area (Å²) in [5, 5.41) is 14.8. The highest BCUT2D eigenvalue weighted by Crippen LogP contribution is 2.41. The van der Waals surface area contributed by atoms with Gasteiger partial charge in [0.05, 0.1) is 11.0 Å². The van der Waals surface area contributed by atoms with Crippen molar-refractivity contribution >= 4 is 81.1 Å². The molecule has 57 heavy (non-hydrogen) atoms. The molecule has 0 saturated heterocycles. The van der Waals surface area contributed by atoms with Crippen LogP contribution in [0.4, 0.5) is 0 Å². The Bertz CT molecular complexity index is 3320. The largest absolute Gasteiger partial charge is 0.456 e. The zero-order chi connectivity index (χ0) is 37.5. The third-order valence-electron chi connectivity index (χ3n) is 11.5. The van der Waals surface area contributed by atoms with E-state index < -0.39 is 0 Å². The van der Waals surface area contributed by atoms with Gasteiger partial charge in [-0.3, -0.25) is 5.32 Å². The number of thiophene rings is 1. The van der Waals surface area contributed by atoms with Crippen molar-refractivity contribution in [3.63, 3.8) is 0 Å². The molecule has 2 atom stereocenters. The maximum Gasteiger partial charge on any atom is 0.135 e. The summed E-state index contributed by atoms with van der Waals surface area (Å²) in [7, 11) is 0. The van der Waals surface area contributed by atoms with E-state index in [9.17, 15) is 0 Å². The fourth-order valence-electron chi connectivity index (χ4n) is 8.83. The summed E-state index contributed by atoms with van der Waals surface area (Å²) in [6, 6.07) is 65.0. The van der Waals surface area contributed by atoms with E-state index in [0.29, 0.717) is 0 Å². The van der Waals surface area contributed by atoms with Crippen LogP contribution in [0.15, 0.2) is 191 Å². The molecule has 0 spiro atoms. The summed E-state index contributed by atoms with van der Waals surface area (Å²) in [6.07, 6.45) is -0.430. The predicted octanol–water partition coefficient (Wildman–Crippen LogP) is 13.1. The molecule has 0 fully saturated rings. The number of aliphatic imine (C=N–C) groups is 1. The molecular formula is C51H34N4OS. The van der Waals surface area contributed by atoms with Gasteiger partial charge in [0, 0.05) is 58.5 Å². The fraction of sp³-hybridized carbons (Fsp3) is 0.0392. The Morgan fingerprint density at radius 2 is 1.23 bits per heavy atom. The molecule has 2 N–H and O–H groups in total. The van der Waals surface area contributed by atoms with E-state index in [2.05, 4.69) is 185 Å². The van der Waals surface area contributed by atoms with Crippen LogP contribution in [-0.4, -0.2) is 10.4 Å². The zero-order valence-electron chi connectivity index (χ0n) is 30.7. The van der Waals surface area contributed by atoms with Gasteiger partial charge in [-0.1, -0.05) is 127 Å². The van der Waals surface area contributed by atoms with E-state index in [1.165, 1.54) is 53.2 Å². The summed E-state index contributed by atoms with van der Waals surface area (Å²) in [5.41, 5.74) is 11.0. The van der Waals surface area contributed by atoms with Gasteiger partial charge in [-0.2, -0.15) is 0 Å². The van der Waals surface area contributed by atoms with Gasteiger partial charge in [0.2, 0.25) is 0 Å². The van der Waals surface area contributed by atoms with Crippen LogP contribution in [0.2, 0.25) is 0 Å². The molecule has 0 radical (unpaired) electrons. The molecule has 3 aromatic heterocycles. The smallest absolute Gasteiger partial charge is 0.135 e. The lowest BCUT2D eigenvalue weighted by molar-refractivity contribution is 0.411. The lowest BCUT2D eigenvalue weighted by Gasteiger charge is -2.32. The Labute approximate surface area is 332 Å². The molecule has 6 heteroatoms. The Balaban J connectivity index is 0.948. The lowest BCUT2D eigenvalue weighted by atomic mass is 9.98. The fourth-order valence-corrected chi connectivity index (χ4v) is 9.95. The van der Waals surface area contributed by atoms with Crippen LogP contribution in [0.5, 0.6) is 0 Å². The summed E-state index contributed by atoms with van der Waals surface area (Å²) in [5.74, 6) is 0.859. The number of amidine groups is 1. The Morgan fingerprint density at radius 3 is 2.04 bits per heavy atom. The lowest BCUT2D eigenvalue weighted by Crippen LogP contribution is -2.45. The molecule has 270 valence electrons. The first-order valence-electron chi connectivity index (χ1n) is 19.3. The van der Waals surface area contributed by atoms with E-state index >= 15 is 0 Å². The first kappa shape index (κ1) is 32.3. The van der Waals surface area contributed by atoms with Crippen LogP contribution < -0.4 is 10.6 Å². The van der Waals surface area contributed by atoms with Crippen molar-refractivity contribution < 1.29 is 4.42 Å². The van der Waals surface area contributed by atoms with Crippen molar-refractivity contribution in [2.45, 2.75) is 12.3 Å². The minimum Gasteiger partial charge on any atom is -0.456 e. The number of furan rings is 1. The molecule has 5 nitrogen and oxygen atoms in total. The second kappa shape index (κ2) is 12.8. The summed E-state index contributed by atoms with van der Waals surface area (Å²) in [6.45, 7) is 0. The Hall–Kier alpha value is -6.99. The predicted molar refractivity (Wildman–Crippen MR) is 238 cm³/mol. The maximum atomic E-state index is 6.52. The Morgan fingerprint density at radius 1 is 0.509 bits per heavy atom. The number of nitrogens with zero attached hydrogens (tertiary/aromatic N) is 2. The molecule has 12 rings (SSSR count). The number of rotatable bonds is 5. The first-order chi connectivity index (χ1) is 28.2. The SMILES string of the molecule is c1ccc(C2=NC(c3ccccc3)NC(c3cccc4oc5ccc(-c6ccc7c(c6)sc6ccc(-n8c9ccccc9c9ccccc98)cc67)cc5c34)N2)cc1. The van der Waals surface area contributed by atoms with E-state index in [4.69, 9.17) is 9.41 Å². The average Bonchev–Trinajstić information content (AvgIpc) is 3.95. The third-order valence-corrected chi connectivity index (χ3v) is 12.6. The number of benzene rings is 8. The third kappa shape index (κ3) is 5.22. The van der Waals surface area contributed by atoms with Crippen LogP contribution in [0, 0.1) is 0 Å². The van der Waals surface area contributed by atoms with Crippen molar-refractivity contribution in [2.24, 2.45) is 4.99 Å². The normalized spacial score (nSPS) is 15.9. The van der Waals surface area contributed by atoms with Gasteiger partial charge < -0.3 is 14.3 Å². The van der Waals surface area contributed by atoms with E-state index in [0.717, 1.165) is 50.0 Å². The summed E-state index contributed by atoms with van der Waals surface area (Å²) in [4.78, 5) is 5.13. The van der Waals surface area contributed by atoms with Crippen LogP contribution >= 0.6 is 11.3 Å². The standard InChI is InChI=1S/C51H34N4OS/c1-3-12-31(13-4-1)49-52-50(32-14-5-2-6-15-32)54-51(53-49)39-18-11-21-45-48(39)41-28-33(23-26-44(41)56-45)34-22-25-38-40-30-35(24-27-46(40)57-47(38)29-34)55-42-19-9-7-16-36(42)37-17-8-10-20-43(37)55/h1-30,49,51,53H,(H,52,54). The average molecular weight is 751 g/mol. The molecule has 11 aromatic rings. The molecule has 0 aliphatic carbocycles. The number of fused-ring (bicyclic) bond motifs is 9. The maximum absolute atomic E-state index is 6.52. The van der Waals surface area contributed by atoms with Crippen LogP contribution in [0.1, 0.15) is 29.0 Å². The van der Waals surface area contributed by atoms with Gasteiger partial charge in [0.25, 0.3) is 0 Å². The first-order valence-corrected chi connectivity index (χ1v) is 20.2. The van der Waals surface area contributed by atoms with Gasteiger partial charge in [-0.15, -0.1) is 11.3 Å². The number of nitrogens with one attached hydrogen (secondary N) is 2. The van der Waals surface area contributed by atoms with Gasteiger partial charge >= 0.3 is 0 Å². The highest BCUT2D eigenvalue weighted by molar-refractivity contribution is 7.25. The van der Waals surface area contributed by atoms with Gasteiger partial charge in [0.15, 0.2) is 0 Å². The van der Waals surface area contributed by atoms with E-state index in [-0.39, 0.29) is 12.3 Å². The summed E-state index contributed by atoms with van der Waals surface area (Å²) >= 11 is 1.85. The quantitative estimate of drug-likeness (QED) is 0.184. The molecule has 4 heterocycles. The molecular weight excluding hydrogens is 717 g/mol. The minimum absolute atomic E-state index is 0.210. The monoisotopic (exact) mass is 750 g/mol. The van der Waals surface area contributed by atoms with E-state index in [1.54, 1.807) is 0 Å². The molecule has 0 bridgehead atoms. The van der Waals surface area contributed by atoms with Gasteiger partial charge in [-0.05, 0) is 71.3 Å². The van der Waals surface area contributed by atoms with Gasteiger partial charge in [-0.25, -0.2) is 4.99 Å². The van der Waals surface area contributed by atoms with Gasteiger partial charge in [0.1, 0.15) is 29.3 Å². The number of hydrogen-bond acceptors (Lipinski definition) is 5. The van der Waals surface area contributed by atoms with Crippen molar-refractivity contribution in [3.8, 4) is 16.8 Å². The van der Waals surface area contributed by atoms with Crippen LogP contribution in [0.25, 0.3) is 80.7 Å². The topological polar surface area (TPSA) is 54.5 Å². The zero-order valence-corrected chi connectivity index (χ0v) is 31.5. The molecule has 8 aromatic carbocycles. The minimum atomic E-state index is -0.220. The molecule has 2 unspecified atom stereocenters. The van der Waals surface area contributed by atoms with Crippen molar-refractivity contribution in [1.29, 1.82) is 0 Å². The van der Waals surface area contributed by atoms with Crippen molar-refractivity contribution in [1.82, 2.24) is 15.2 Å². The number of para-hydroxylation sites is 2. The Kier molecular flexibility index (Phi) is 7.24. The van der Waals surface area contributed by atoms with Crippen LogP contribution in [0.3, 0.4) is 0 Å². The summed E-state index contributed by atoms with van der Waals surface area (Å²) < 4.78 is 11.5. The second-order valence-electron chi connectivity index (χ2n) is 14.8. The number of hydrogen-bond donors (Lipinski definition) is 2. The highest BCUT2D eigenvalue weighted by Gasteiger charge is 2.28. The number of aromatic nitrogens is 1. The molecule has 0 amide bonds. The van der Waals surface area contributed by atoms with Crippen LogP contribution in [-0.2, 0) is 0 Å². The molecule has 1 aliphatic heterocycles. The van der Waals surface area contributed by atoms with Crippen molar-refractivity contribution in [3.05, 3.63) is 199 Å². The molecule has 0 saturated carbocycles. The second-order valence-corrected chi connectivity index (χ2v) is 15.9. The van der Waals surface area contributed by atoms with Crippen molar-refractivity contribution in [2.75, 3.05) is 0 Å². The molecule has 1 aliphatic rings. The van der Waals surface area contributed by atoms with E-state index in [1.807, 2.05) is 23.5 Å².